The number of carbonyl (C=O) groups is 1. The van der Waals surface area contributed by atoms with Gasteiger partial charge >= 0.3 is 0 Å². The van der Waals surface area contributed by atoms with E-state index in [2.05, 4.69) is 20.4 Å². The van der Waals surface area contributed by atoms with Crippen LogP contribution in [0, 0.1) is 0 Å². The zero-order valence-corrected chi connectivity index (χ0v) is 16.2. The Kier molecular flexibility index (Phi) is 6.11. The standard InChI is InChI=1S/C21H24N6O2/c28-21(16-18-6-8-19(9-7-18)27-17-22-23-24-27)26-12-10-25(11-13-26)14-15-29-20-4-2-1-3-5-20/h1-9,17H,10-16H2. The summed E-state index contributed by atoms with van der Waals surface area (Å²) in [4.78, 5) is 16.9. The maximum atomic E-state index is 12.6. The quantitative estimate of drug-likeness (QED) is 0.605. The molecule has 0 radical (unpaired) electrons. The Labute approximate surface area is 169 Å². The molecule has 1 aliphatic rings. The van der Waals surface area contributed by atoms with Gasteiger partial charge in [-0.1, -0.05) is 30.3 Å². The Balaban J connectivity index is 1.20. The topological polar surface area (TPSA) is 76.4 Å². The number of carbonyl (C=O) groups excluding carboxylic acids is 1. The van der Waals surface area contributed by atoms with Gasteiger partial charge in [0.25, 0.3) is 0 Å². The van der Waals surface area contributed by atoms with Crippen LogP contribution in [-0.4, -0.2) is 75.2 Å². The number of para-hydroxylation sites is 1. The van der Waals surface area contributed by atoms with Crippen molar-refractivity contribution in [3.63, 3.8) is 0 Å². The molecule has 29 heavy (non-hydrogen) atoms. The van der Waals surface area contributed by atoms with Crippen LogP contribution in [0.15, 0.2) is 60.9 Å². The molecule has 1 saturated heterocycles. The number of hydrogen-bond acceptors (Lipinski definition) is 6. The van der Waals surface area contributed by atoms with Crippen molar-refractivity contribution in [3.05, 3.63) is 66.5 Å². The lowest BCUT2D eigenvalue weighted by Crippen LogP contribution is -2.49. The monoisotopic (exact) mass is 392 g/mol. The third kappa shape index (κ3) is 5.17. The summed E-state index contributed by atoms with van der Waals surface area (Å²) in [5, 5.41) is 11.1. The zero-order chi connectivity index (χ0) is 19.9. The largest absolute Gasteiger partial charge is 0.492 e. The van der Waals surface area contributed by atoms with E-state index in [0.717, 1.165) is 49.7 Å². The van der Waals surface area contributed by atoms with Gasteiger partial charge in [-0.3, -0.25) is 9.69 Å². The van der Waals surface area contributed by atoms with E-state index in [0.29, 0.717) is 13.0 Å². The first-order chi connectivity index (χ1) is 14.3. The number of amides is 1. The van der Waals surface area contributed by atoms with Crippen molar-refractivity contribution in [2.24, 2.45) is 0 Å². The normalized spacial score (nSPS) is 14.7. The van der Waals surface area contributed by atoms with E-state index >= 15 is 0 Å². The number of tetrazole rings is 1. The third-order valence-electron chi connectivity index (χ3n) is 5.05. The average molecular weight is 392 g/mol. The molecule has 0 N–H and O–H groups in total. The van der Waals surface area contributed by atoms with Gasteiger partial charge in [-0.05, 0) is 40.3 Å². The van der Waals surface area contributed by atoms with Crippen molar-refractivity contribution < 1.29 is 9.53 Å². The molecule has 8 nitrogen and oxygen atoms in total. The number of hydrogen-bond donors (Lipinski definition) is 0. The van der Waals surface area contributed by atoms with Crippen LogP contribution in [0.3, 0.4) is 0 Å². The highest BCUT2D eigenvalue weighted by Gasteiger charge is 2.21. The molecule has 3 aromatic rings. The predicted octanol–water partition coefficient (Wildman–Crippen LogP) is 1.43. The molecule has 8 heteroatoms. The molecule has 0 spiro atoms. The molecule has 1 aromatic heterocycles. The molecule has 1 aliphatic heterocycles. The smallest absolute Gasteiger partial charge is 0.227 e. The van der Waals surface area contributed by atoms with Crippen molar-refractivity contribution in [1.82, 2.24) is 30.0 Å². The maximum absolute atomic E-state index is 12.6. The molecule has 150 valence electrons. The summed E-state index contributed by atoms with van der Waals surface area (Å²) in [5.74, 6) is 1.06. The van der Waals surface area contributed by atoms with Gasteiger partial charge in [-0.15, -0.1) is 5.10 Å². The molecule has 1 fully saturated rings. The second kappa shape index (κ2) is 9.29. The molecule has 0 bridgehead atoms. The van der Waals surface area contributed by atoms with E-state index in [1.54, 1.807) is 11.0 Å². The minimum Gasteiger partial charge on any atom is -0.492 e. The van der Waals surface area contributed by atoms with E-state index in [1.165, 1.54) is 0 Å². The Hall–Kier alpha value is -3.26. The van der Waals surface area contributed by atoms with Crippen molar-refractivity contribution in [1.29, 1.82) is 0 Å². The number of rotatable bonds is 7. The maximum Gasteiger partial charge on any atom is 0.227 e. The fraction of sp³-hybridized carbons (Fsp3) is 0.333. The number of aromatic nitrogens is 4. The van der Waals surface area contributed by atoms with Crippen molar-refractivity contribution in [2.75, 3.05) is 39.3 Å². The molecule has 0 unspecified atom stereocenters. The second-order valence-corrected chi connectivity index (χ2v) is 6.98. The molecular formula is C21H24N6O2. The first-order valence-electron chi connectivity index (χ1n) is 9.78. The lowest BCUT2D eigenvalue weighted by atomic mass is 10.1. The number of benzene rings is 2. The summed E-state index contributed by atoms with van der Waals surface area (Å²) in [5.41, 5.74) is 1.86. The minimum atomic E-state index is 0.167. The van der Waals surface area contributed by atoms with E-state index in [9.17, 15) is 4.79 Å². The number of piperazine rings is 1. The Morgan fingerprint density at radius 1 is 0.966 bits per heavy atom. The molecule has 1 amide bonds. The Bertz CT molecular complexity index is 891. The van der Waals surface area contributed by atoms with Gasteiger partial charge in [0, 0.05) is 32.7 Å². The van der Waals surface area contributed by atoms with E-state index in [4.69, 9.17) is 4.74 Å². The molecule has 4 rings (SSSR count). The van der Waals surface area contributed by atoms with Crippen LogP contribution in [0.1, 0.15) is 5.56 Å². The van der Waals surface area contributed by atoms with Crippen LogP contribution in [0.25, 0.3) is 5.69 Å². The molecular weight excluding hydrogens is 368 g/mol. The van der Waals surface area contributed by atoms with Crippen LogP contribution >= 0.6 is 0 Å². The summed E-state index contributed by atoms with van der Waals surface area (Å²) in [6.07, 6.45) is 1.96. The summed E-state index contributed by atoms with van der Waals surface area (Å²) in [6, 6.07) is 17.6. The van der Waals surface area contributed by atoms with Gasteiger partial charge in [0.2, 0.25) is 5.91 Å². The van der Waals surface area contributed by atoms with Gasteiger partial charge in [0.05, 0.1) is 12.1 Å². The molecule has 0 aliphatic carbocycles. The highest BCUT2D eigenvalue weighted by molar-refractivity contribution is 5.79. The van der Waals surface area contributed by atoms with Crippen LogP contribution < -0.4 is 4.74 Å². The van der Waals surface area contributed by atoms with Crippen LogP contribution in [0.2, 0.25) is 0 Å². The predicted molar refractivity (Wildman–Crippen MR) is 108 cm³/mol. The van der Waals surface area contributed by atoms with Crippen molar-refractivity contribution in [2.45, 2.75) is 6.42 Å². The Morgan fingerprint density at radius 3 is 2.41 bits per heavy atom. The zero-order valence-electron chi connectivity index (χ0n) is 16.2. The van der Waals surface area contributed by atoms with E-state index in [-0.39, 0.29) is 5.91 Å². The van der Waals surface area contributed by atoms with Crippen molar-refractivity contribution in [3.8, 4) is 11.4 Å². The van der Waals surface area contributed by atoms with Gasteiger partial charge in [-0.2, -0.15) is 0 Å². The van der Waals surface area contributed by atoms with Crippen LogP contribution in [0.4, 0.5) is 0 Å². The summed E-state index contributed by atoms with van der Waals surface area (Å²) >= 11 is 0. The Morgan fingerprint density at radius 2 is 1.72 bits per heavy atom. The van der Waals surface area contributed by atoms with E-state index < -0.39 is 0 Å². The lowest BCUT2D eigenvalue weighted by molar-refractivity contribution is -0.132. The fourth-order valence-corrected chi connectivity index (χ4v) is 3.36. The van der Waals surface area contributed by atoms with Crippen LogP contribution in [0.5, 0.6) is 5.75 Å². The average Bonchev–Trinajstić information content (AvgIpc) is 3.30. The molecule has 0 saturated carbocycles. The first-order valence-corrected chi connectivity index (χ1v) is 9.78. The fourth-order valence-electron chi connectivity index (χ4n) is 3.36. The van der Waals surface area contributed by atoms with Gasteiger partial charge < -0.3 is 9.64 Å². The highest BCUT2D eigenvalue weighted by Crippen LogP contribution is 2.12. The number of nitrogens with zero attached hydrogens (tertiary/aromatic N) is 6. The second-order valence-electron chi connectivity index (χ2n) is 6.98. The summed E-state index contributed by atoms with van der Waals surface area (Å²) < 4.78 is 7.35. The van der Waals surface area contributed by atoms with Crippen molar-refractivity contribution >= 4 is 5.91 Å². The lowest BCUT2D eigenvalue weighted by Gasteiger charge is -2.34. The third-order valence-corrected chi connectivity index (χ3v) is 5.05. The van der Waals surface area contributed by atoms with Gasteiger partial charge in [0.1, 0.15) is 18.7 Å². The molecule has 2 heterocycles. The van der Waals surface area contributed by atoms with E-state index in [1.807, 2.05) is 59.5 Å². The first kappa shape index (κ1) is 19.1. The minimum absolute atomic E-state index is 0.167. The number of ether oxygens (including phenoxy) is 1. The summed E-state index contributed by atoms with van der Waals surface area (Å²) in [6.45, 7) is 4.80. The van der Waals surface area contributed by atoms with Gasteiger partial charge in [0.15, 0.2) is 0 Å². The molecule has 2 aromatic carbocycles. The SMILES string of the molecule is O=C(Cc1ccc(-n2cnnn2)cc1)N1CCN(CCOc2ccccc2)CC1. The summed E-state index contributed by atoms with van der Waals surface area (Å²) in [7, 11) is 0. The van der Waals surface area contributed by atoms with Gasteiger partial charge in [-0.25, -0.2) is 4.68 Å². The molecule has 0 atom stereocenters. The van der Waals surface area contributed by atoms with Crippen LogP contribution in [-0.2, 0) is 11.2 Å². The highest BCUT2D eigenvalue weighted by atomic mass is 16.5.